The van der Waals surface area contributed by atoms with Crippen molar-refractivity contribution in [2.75, 3.05) is 19.6 Å². The van der Waals surface area contributed by atoms with Gasteiger partial charge in [-0.15, -0.1) is 6.58 Å². The Labute approximate surface area is 69.9 Å². The van der Waals surface area contributed by atoms with Gasteiger partial charge in [-0.25, -0.2) is 0 Å². The summed E-state index contributed by atoms with van der Waals surface area (Å²) in [7, 11) is 0. The molecular weight excluding hydrogens is 162 g/mol. The van der Waals surface area contributed by atoms with E-state index in [9.17, 15) is 9.59 Å². The maximum Gasteiger partial charge on any atom is 0.317 e. The average molecular weight is 173 g/mol. The Kier molecular flexibility index (Phi) is 4.71. The second-order valence-corrected chi connectivity index (χ2v) is 2.25. The average Bonchev–Trinajstić information content (AvgIpc) is 1.84. The van der Waals surface area contributed by atoms with Crippen LogP contribution < -0.4 is 0 Å². The Morgan fingerprint density at radius 1 is 1.25 bits per heavy atom. The minimum atomic E-state index is -1.04. The quantitative estimate of drug-likeness (QED) is 0.536. The molecule has 0 aliphatic rings. The molecule has 2 N–H and O–H groups in total. The molecule has 68 valence electrons. The summed E-state index contributed by atoms with van der Waals surface area (Å²) in [6.45, 7) is 3.09. The van der Waals surface area contributed by atoms with E-state index in [0.717, 1.165) is 0 Å². The van der Waals surface area contributed by atoms with E-state index >= 15 is 0 Å². The minimum Gasteiger partial charge on any atom is -0.480 e. The van der Waals surface area contributed by atoms with Gasteiger partial charge in [-0.3, -0.25) is 14.5 Å². The van der Waals surface area contributed by atoms with Crippen LogP contribution in [0.5, 0.6) is 0 Å². The van der Waals surface area contributed by atoms with Crippen molar-refractivity contribution in [1.82, 2.24) is 4.90 Å². The van der Waals surface area contributed by atoms with E-state index in [2.05, 4.69) is 6.58 Å². The maximum absolute atomic E-state index is 10.2. The fourth-order valence-corrected chi connectivity index (χ4v) is 0.750. The molecule has 12 heavy (non-hydrogen) atoms. The van der Waals surface area contributed by atoms with Crippen molar-refractivity contribution in [2.45, 2.75) is 0 Å². The van der Waals surface area contributed by atoms with Gasteiger partial charge in [-0.05, 0) is 0 Å². The molecule has 0 heterocycles. The summed E-state index contributed by atoms with van der Waals surface area (Å²) in [5.74, 6) is -2.09. The van der Waals surface area contributed by atoms with E-state index in [1.165, 1.54) is 11.0 Å². The first-order valence-electron chi connectivity index (χ1n) is 3.33. The highest BCUT2D eigenvalue weighted by Crippen LogP contribution is 1.87. The summed E-state index contributed by atoms with van der Waals surface area (Å²) in [5.41, 5.74) is 0. The molecule has 5 heteroatoms. The predicted molar refractivity (Wildman–Crippen MR) is 41.9 cm³/mol. The van der Waals surface area contributed by atoms with Gasteiger partial charge < -0.3 is 10.2 Å². The lowest BCUT2D eigenvalue weighted by atomic mass is 10.4. The Hall–Kier alpha value is -1.36. The first kappa shape index (κ1) is 10.6. The summed E-state index contributed by atoms with van der Waals surface area (Å²) in [6.07, 6.45) is 1.46. The first-order valence-corrected chi connectivity index (χ1v) is 3.33. The molecule has 0 saturated carbocycles. The van der Waals surface area contributed by atoms with Gasteiger partial charge >= 0.3 is 11.9 Å². The second kappa shape index (κ2) is 5.31. The van der Waals surface area contributed by atoms with Crippen molar-refractivity contribution in [2.24, 2.45) is 0 Å². The molecule has 0 aliphatic carbocycles. The van der Waals surface area contributed by atoms with Crippen molar-refractivity contribution in [3.63, 3.8) is 0 Å². The van der Waals surface area contributed by atoms with E-state index in [1.807, 2.05) is 0 Å². The molecule has 5 nitrogen and oxygen atoms in total. The SMILES string of the molecule is C=CCN(CC(=O)O)CC(=O)O. The minimum absolute atomic E-state index is 0.262. The summed E-state index contributed by atoms with van der Waals surface area (Å²) in [6, 6.07) is 0. The third-order valence-corrected chi connectivity index (χ3v) is 1.11. The molecule has 0 fully saturated rings. The largest absolute Gasteiger partial charge is 0.480 e. The molecule has 0 radical (unpaired) electrons. The third-order valence-electron chi connectivity index (χ3n) is 1.11. The topological polar surface area (TPSA) is 77.8 Å². The third kappa shape index (κ3) is 5.43. The maximum atomic E-state index is 10.2. The lowest BCUT2D eigenvalue weighted by Gasteiger charge is -2.14. The molecule has 0 unspecified atom stereocenters. The molecule has 0 amide bonds. The number of carboxylic acid groups (broad SMARTS) is 2. The van der Waals surface area contributed by atoms with Gasteiger partial charge in [-0.1, -0.05) is 6.08 Å². The zero-order valence-electron chi connectivity index (χ0n) is 6.56. The molecule has 0 aromatic rings. The monoisotopic (exact) mass is 173 g/mol. The van der Waals surface area contributed by atoms with Crippen molar-refractivity contribution in [3.05, 3.63) is 12.7 Å². The van der Waals surface area contributed by atoms with Crippen LogP contribution in [0.15, 0.2) is 12.7 Å². The fraction of sp³-hybridized carbons (Fsp3) is 0.429. The van der Waals surface area contributed by atoms with Crippen LogP contribution in [0.3, 0.4) is 0 Å². The van der Waals surface area contributed by atoms with E-state index < -0.39 is 11.9 Å². The van der Waals surface area contributed by atoms with Gasteiger partial charge in [0.1, 0.15) is 0 Å². The zero-order chi connectivity index (χ0) is 9.56. The normalized spacial score (nSPS) is 9.75. The molecular formula is C7H11NO4. The van der Waals surface area contributed by atoms with Crippen LogP contribution in [-0.4, -0.2) is 46.7 Å². The van der Waals surface area contributed by atoms with Crippen molar-refractivity contribution < 1.29 is 19.8 Å². The van der Waals surface area contributed by atoms with Crippen molar-refractivity contribution >= 4 is 11.9 Å². The van der Waals surface area contributed by atoms with Gasteiger partial charge in [0.05, 0.1) is 13.1 Å². The predicted octanol–water partition coefficient (Wildman–Crippen LogP) is -0.356. The van der Waals surface area contributed by atoms with Crippen LogP contribution in [-0.2, 0) is 9.59 Å². The van der Waals surface area contributed by atoms with E-state index in [1.54, 1.807) is 0 Å². The molecule has 0 atom stereocenters. The van der Waals surface area contributed by atoms with Gasteiger partial charge in [0.25, 0.3) is 0 Å². The number of carbonyl (C=O) groups is 2. The summed E-state index contributed by atoms with van der Waals surface area (Å²) >= 11 is 0. The molecule has 0 bridgehead atoms. The number of nitrogens with zero attached hydrogens (tertiary/aromatic N) is 1. The van der Waals surface area contributed by atoms with Crippen LogP contribution >= 0.6 is 0 Å². The van der Waals surface area contributed by atoms with E-state index in [0.29, 0.717) is 0 Å². The van der Waals surface area contributed by atoms with Crippen molar-refractivity contribution in [3.8, 4) is 0 Å². The van der Waals surface area contributed by atoms with Gasteiger partial charge in [0.2, 0.25) is 0 Å². The molecule has 0 aliphatic heterocycles. The number of rotatable bonds is 6. The first-order chi connectivity index (χ1) is 5.56. The van der Waals surface area contributed by atoms with Gasteiger partial charge in [0, 0.05) is 6.54 Å². The highest BCUT2D eigenvalue weighted by Gasteiger charge is 2.10. The van der Waals surface area contributed by atoms with E-state index in [4.69, 9.17) is 10.2 Å². The van der Waals surface area contributed by atoms with Crippen LogP contribution in [0, 0.1) is 0 Å². The second-order valence-electron chi connectivity index (χ2n) is 2.25. The lowest BCUT2D eigenvalue weighted by Crippen LogP contribution is -2.34. The lowest BCUT2D eigenvalue weighted by molar-refractivity contribution is -0.141. The summed E-state index contributed by atoms with van der Waals surface area (Å²) in [4.78, 5) is 21.7. The van der Waals surface area contributed by atoms with Gasteiger partial charge in [-0.2, -0.15) is 0 Å². The van der Waals surface area contributed by atoms with Crippen LogP contribution in [0.4, 0.5) is 0 Å². The Balaban J connectivity index is 3.93. The fourth-order valence-electron chi connectivity index (χ4n) is 0.750. The van der Waals surface area contributed by atoms with Crippen molar-refractivity contribution in [1.29, 1.82) is 0 Å². The molecule has 0 rings (SSSR count). The highest BCUT2D eigenvalue weighted by atomic mass is 16.4. The van der Waals surface area contributed by atoms with Crippen LogP contribution in [0.2, 0.25) is 0 Å². The number of hydrogen-bond acceptors (Lipinski definition) is 3. The Bertz CT molecular complexity index is 174. The smallest absolute Gasteiger partial charge is 0.317 e. The number of carboxylic acids is 2. The highest BCUT2D eigenvalue weighted by molar-refractivity contribution is 5.72. The van der Waals surface area contributed by atoms with E-state index in [-0.39, 0.29) is 19.6 Å². The Morgan fingerprint density at radius 2 is 1.67 bits per heavy atom. The zero-order valence-corrected chi connectivity index (χ0v) is 6.56. The number of hydrogen-bond donors (Lipinski definition) is 2. The molecule has 0 aromatic heterocycles. The Morgan fingerprint density at radius 3 is 1.92 bits per heavy atom. The van der Waals surface area contributed by atoms with Gasteiger partial charge in [0.15, 0.2) is 0 Å². The molecule has 0 spiro atoms. The summed E-state index contributed by atoms with van der Waals surface area (Å²) < 4.78 is 0. The van der Waals surface area contributed by atoms with Crippen LogP contribution in [0.1, 0.15) is 0 Å². The number of aliphatic carboxylic acids is 2. The van der Waals surface area contributed by atoms with Crippen LogP contribution in [0.25, 0.3) is 0 Å². The molecule has 0 aromatic carbocycles. The summed E-state index contributed by atoms with van der Waals surface area (Å²) in [5, 5.41) is 16.7. The molecule has 0 saturated heterocycles. The standard InChI is InChI=1S/C7H11NO4/c1-2-3-8(4-6(9)10)5-7(11)12/h2H,1,3-5H2,(H,9,10)(H,11,12).